The van der Waals surface area contributed by atoms with E-state index in [1.807, 2.05) is 97.1 Å². The quantitative estimate of drug-likeness (QED) is 0.408. The molecule has 1 aliphatic rings. The van der Waals surface area contributed by atoms with Crippen molar-refractivity contribution in [3.05, 3.63) is 108 Å². The first-order valence-electron chi connectivity index (χ1n) is 11.8. The monoisotopic (exact) mass is 470 g/mol. The van der Waals surface area contributed by atoms with Gasteiger partial charge >= 0.3 is 0 Å². The van der Waals surface area contributed by atoms with Crippen LogP contribution in [-0.2, 0) is 16.1 Å². The van der Waals surface area contributed by atoms with Gasteiger partial charge in [0.05, 0.1) is 6.61 Å². The van der Waals surface area contributed by atoms with E-state index in [9.17, 15) is 4.79 Å². The van der Waals surface area contributed by atoms with E-state index in [-0.39, 0.29) is 19.1 Å². The van der Waals surface area contributed by atoms with Crippen molar-refractivity contribution in [3.63, 3.8) is 0 Å². The number of hydrogen-bond donors (Lipinski definition) is 2. The SMILES string of the molecule is O=C(NCc1ccccc1)[C@@]1(C/C=C/c2ccccc2)COC(c2ccc(OCCCO)cc2)=N1. The highest BCUT2D eigenvalue weighted by atomic mass is 16.5. The fourth-order valence-electron chi connectivity index (χ4n) is 3.75. The van der Waals surface area contributed by atoms with Crippen molar-refractivity contribution in [2.24, 2.45) is 4.99 Å². The van der Waals surface area contributed by atoms with Crippen molar-refractivity contribution in [2.45, 2.75) is 24.9 Å². The molecule has 0 aliphatic carbocycles. The number of aliphatic hydroxyl groups is 1. The molecule has 3 aromatic carbocycles. The van der Waals surface area contributed by atoms with E-state index in [0.717, 1.165) is 16.7 Å². The van der Waals surface area contributed by atoms with Gasteiger partial charge in [-0.3, -0.25) is 4.79 Å². The highest BCUT2D eigenvalue weighted by molar-refractivity contribution is 6.00. The minimum atomic E-state index is -1.05. The molecule has 0 spiro atoms. The van der Waals surface area contributed by atoms with E-state index >= 15 is 0 Å². The number of hydrogen-bond acceptors (Lipinski definition) is 5. The smallest absolute Gasteiger partial charge is 0.252 e. The fourth-order valence-corrected chi connectivity index (χ4v) is 3.75. The number of nitrogens with zero attached hydrogens (tertiary/aromatic N) is 1. The summed E-state index contributed by atoms with van der Waals surface area (Å²) in [6.45, 7) is 1.13. The summed E-state index contributed by atoms with van der Waals surface area (Å²) in [7, 11) is 0. The maximum Gasteiger partial charge on any atom is 0.252 e. The van der Waals surface area contributed by atoms with Crippen LogP contribution in [0, 0.1) is 0 Å². The molecule has 2 N–H and O–H groups in total. The molecule has 0 aromatic heterocycles. The minimum absolute atomic E-state index is 0.0931. The first-order valence-corrected chi connectivity index (χ1v) is 11.8. The molecule has 0 saturated carbocycles. The summed E-state index contributed by atoms with van der Waals surface area (Å²) in [4.78, 5) is 18.2. The first kappa shape index (κ1) is 24.2. The Bertz CT molecular complexity index is 1140. The van der Waals surface area contributed by atoms with Gasteiger partial charge in [-0.25, -0.2) is 4.99 Å². The largest absolute Gasteiger partial charge is 0.494 e. The zero-order chi connectivity index (χ0) is 24.3. The lowest BCUT2D eigenvalue weighted by Gasteiger charge is -2.21. The van der Waals surface area contributed by atoms with Gasteiger partial charge < -0.3 is 19.9 Å². The molecule has 1 heterocycles. The van der Waals surface area contributed by atoms with Crippen LogP contribution in [0.25, 0.3) is 6.08 Å². The topological polar surface area (TPSA) is 80.2 Å². The molecule has 0 unspecified atom stereocenters. The lowest BCUT2D eigenvalue weighted by Crippen LogP contribution is -2.46. The van der Waals surface area contributed by atoms with Crippen LogP contribution in [-0.4, -0.2) is 42.3 Å². The molecule has 1 amide bonds. The molecule has 0 fully saturated rings. The molecule has 0 bridgehead atoms. The number of ether oxygens (including phenoxy) is 2. The van der Waals surface area contributed by atoms with Gasteiger partial charge in [0, 0.05) is 31.6 Å². The highest BCUT2D eigenvalue weighted by Crippen LogP contribution is 2.28. The molecule has 6 heteroatoms. The number of benzene rings is 3. The Labute approximate surface area is 205 Å². The number of rotatable bonds is 11. The van der Waals surface area contributed by atoms with Crippen LogP contribution in [0.1, 0.15) is 29.5 Å². The van der Waals surface area contributed by atoms with Gasteiger partial charge in [-0.2, -0.15) is 0 Å². The zero-order valence-corrected chi connectivity index (χ0v) is 19.6. The Balaban J connectivity index is 1.51. The summed E-state index contributed by atoms with van der Waals surface area (Å²) in [5, 5.41) is 11.9. The number of nitrogens with one attached hydrogen (secondary N) is 1. The predicted molar refractivity (Wildman–Crippen MR) is 137 cm³/mol. The fraction of sp³-hybridized carbons (Fsp3) is 0.241. The van der Waals surface area contributed by atoms with Crippen molar-refractivity contribution in [1.82, 2.24) is 5.32 Å². The van der Waals surface area contributed by atoms with Gasteiger partial charge in [0.2, 0.25) is 5.90 Å². The van der Waals surface area contributed by atoms with Crippen molar-refractivity contribution < 1.29 is 19.4 Å². The Hall–Kier alpha value is -3.90. The van der Waals surface area contributed by atoms with E-state index in [1.165, 1.54) is 0 Å². The van der Waals surface area contributed by atoms with E-state index in [2.05, 4.69) is 5.32 Å². The van der Waals surface area contributed by atoms with Gasteiger partial charge in [-0.1, -0.05) is 72.8 Å². The second-order valence-electron chi connectivity index (χ2n) is 8.37. The summed E-state index contributed by atoms with van der Waals surface area (Å²) in [6.07, 6.45) is 4.96. The number of carbonyl (C=O) groups excluding carboxylic acids is 1. The van der Waals surface area contributed by atoms with Crippen LogP contribution in [0.4, 0.5) is 0 Å². The average Bonchev–Trinajstić information content (AvgIpc) is 3.35. The van der Waals surface area contributed by atoms with Crippen LogP contribution in [0.2, 0.25) is 0 Å². The molecule has 4 rings (SSSR count). The maximum absolute atomic E-state index is 13.4. The third kappa shape index (κ3) is 6.58. The van der Waals surface area contributed by atoms with E-state index in [1.54, 1.807) is 0 Å². The standard InChI is InChI=1S/C29H30N2O4/c32-19-8-20-34-26-16-14-25(15-17-26)27-31-29(22-35-27,18-7-13-23-9-3-1-4-10-23)28(33)30-21-24-11-5-2-6-12-24/h1-7,9-17,32H,8,18-22H2,(H,30,33)/b13-7+/t29-/m1/s1. The highest BCUT2D eigenvalue weighted by Gasteiger charge is 2.43. The Kier molecular flexibility index (Phi) is 8.30. The Morgan fingerprint density at radius 1 is 1.03 bits per heavy atom. The summed E-state index contributed by atoms with van der Waals surface area (Å²) >= 11 is 0. The van der Waals surface area contributed by atoms with Gasteiger partial charge in [0.15, 0.2) is 5.54 Å². The molecule has 1 aliphatic heterocycles. The van der Waals surface area contributed by atoms with Crippen molar-refractivity contribution >= 4 is 17.9 Å². The zero-order valence-electron chi connectivity index (χ0n) is 19.6. The van der Waals surface area contributed by atoms with E-state index < -0.39 is 5.54 Å². The molecule has 0 saturated heterocycles. The predicted octanol–water partition coefficient (Wildman–Crippen LogP) is 4.38. The van der Waals surface area contributed by atoms with E-state index in [4.69, 9.17) is 19.6 Å². The lowest BCUT2D eigenvalue weighted by molar-refractivity contribution is -0.126. The Morgan fingerprint density at radius 3 is 2.46 bits per heavy atom. The van der Waals surface area contributed by atoms with Crippen LogP contribution >= 0.6 is 0 Å². The summed E-state index contributed by atoms with van der Waals surface area (Å²) < 4.78 is 11.5. The average molecular weight is 471 g/mol. The summed E-state index contributed by atoms with van der Waals surface area (Å²) in [6, 6.07) is 27.2. The van der Waals surface area contributed by atoms with Crippen LogP contribution in [0.15, 0.2) is 96.0 Å². The summed E-state index contributed by atoms with van der Waals surface area (Å²) in [5.41, 5.74) is 1.82. The summed E-state index contributed by atoms with van der Waals surface area (Å²) in [5.74, 6) is 0.978. The molecule has 3 aromatic rings. The molecule has 1 atom stereocenters. The van der Waals surface area contributed by atoms with Gasteiger partial charge in [0.25, 0.3) is 5.91 Å². The van der Waals surface area contributed by atoms with Gasteiger partial charge in [0.1, 0.15) is 12.4 Å². The number of amides is 1. The minimum Gasteiger partial charge on any atom is -0.494 e. The van der Waals surface area contributed by atoms with Crippen LogP contribution in [0.5, 0.6) is 5.75 Å². The van der Waals surface area contributed by atoms with Crippen molar-refractivity contribution in [3.8, 4) is 5.75 Å². The second-order valence-corrected chi connectivity index (χ2v) is 8.37. The normalized spacial score (nSPS) is 17.1. The maximum atomic E-state index is 13.4. The molecule has 180 valence electrons. The Morgan fingerprint density at radius 2 is 1.74 bits per heavy atom. The molecular formula is C29H30N2O4. The molecule has 0 radical (unpaired) electrons. The molecule has 6 nitrogen and oxygen atoms in total. The van der Waals surface area contributed by atoms with Crippen LogP contribution < -0.4 is 10.1 Å². The number of aliphatic hydroxyl groups excluding tert-OH is 1. The number of aliphatic imine (C=N–C) groups is 1. The molecule has 35 heavy (non-hydrogen) atoms. The van der Waals surface area contributed by atoms with Gasteiger partial charge in [-0.15, -0.1) is 0 Å². The number of carbonyl (C=O) groups is 1. The van der Waals surface area contributed by atoms with Crippen molar-refractivity contribution in [2.75, 3.05) is 19.8 Å². The lowest BCUT2D eigenvalue weighted by atomic mass is 9.95. The molecular weight excluding hydrogens is 440 g/mol. The second kappa shape index (κ2) is 12.0. The van der Waals surface area contributed by atoms with E-state index in [0.29, 0.717) is 37.6 Å². The van der Waals surface area contributed by atoms with Gasteiger partial charge in [-0.05, 0) is 35.4 Å². The van der Waals surface area contributed by atoms with Crippen LogP contribution in [0.3, 0.4) is 0 Å². The third-order valence-electron chi connectivity index (χ3n) is 5.72. The van der Waals surface area contributed by atoms with Crippen molar-refractivity contribution in [1.29, 1.82) is 0 Å². The first-order chi connectivity index (χ1) is 17.2. The third-order valence-corrected chi connectivity index (χ3v) is 5.72.